The van der Waals surface area contributed by atoms with Crippen LogP contribution in [-0.4, -0.2) is 5.21 Å². The van der Waals surface area contributed by atoms with E-state index in [0.29, 0.717) is 0 Å². The number of hydrogen-bond acceptors (Lipinski definition) is 1. The van der Waals surface area contributed by atoms with Gasteiger partial charge < -0.3 is 0 Å². The predicted octanol–water partition coefficient (Wildman–Crippen LogP) is 0.610. The highest BCUT2D eigenvalue weighted by atomic mass is 16.5. The van der Waals surface area contributed by atoms with E-state index in [4.69, 9.17) is 5.21 Å². The molecule has 1 rings (SSSR count). The molecule has 0 saturated heterocycles. The number of benzene rings is 1. The first kappa shape index (κ1) is 6.99. The van der Waals surface area contributed by atoms with E-state index in [1.807, 2.05) is 36.4 Å². The predicted molar refractivity (Wildman–Crippen MR) is 39.2 cm³/mol. The Labute approximate surface area is 59.8 Å². The van der Waals surface area contributed by atoms with Crippen molar-refractivity contribution < 1.29 is 10.7 Å². The SMILES string of the molecule is O[NH2+]/C=C/c1ccccc1. The topological polar surface area (TPSA) is 36.8 Å². The lowest BCUT2D eigenvalue weighted by Gasteiger charge is -1.86. The summed E-state index contributed by atoms with van der Waals surface area (Å²) in [4.78, 5) is 0. The van der Waals surface area contributed by atoms with Gasteiger partial charge >= 0.3 is 0 Å². The average molecular weight is 136 g/mol. The summed E-state index contributed by atoms with van der Waals surface area (Å²) in [7, 11) is 0. The molecule has 0 aliphatic rings. The molecular weight excluding hydrogens is 126 g/mol. The van der Waals surface area contributed by atoms with Crippen LogP contribution in [0.25, 0.3) is 6.08 Å². The van der Waals surface area contributed by atoms with Crippen LogP contribution in [0.4, 0.5) is 0 Å². The van der Waals surface area contributed by atoms with Crippen LogP contribution in [0.1, 0.15) is 5.56 Å². The molecule has 3 N–H and O–H groups in total. The molecule has 0 aliphatic heterocycles. The molecule has 1 aromatic carbocycles. The van der Waals surface area contributed by atoms with Gasteiger partial charge in [0.25, 0.3) is 0 Å². The zero-order valence-corrected chi connectivity index (χ0v) is 5.57. The van der Waals surface area contributed by atoms with Crippen molar-refractivity contribution in [2.45, 2.75) is 0 Å². The third-order valence-corrected chi connectivity index (χ3v) is 1.17. The minimum Gasteiger partial charge on any atom is -0.216 e. The maximum absolute atomic E-state index is 8.32. The molecule has 0 atom stereocenters. The molecule has 0 saturated carbocycles. The van der Waals surface area contributed by atoms with Crippen molar-refractivity contribution in [3.63, 3.8) is 0 Å². The van der Waals surface area contributed by atoms with Gasteiger partial charge in [0.2, 0.25) is 0 Å². The van der Waals surface area contributed by atoms with Crippen molar-refractivity contribution >= 4 is 6.08 Å². The van der Waals surface area contributed by atoms with Gasteiger partial charge in [-0.3, -0.25) is 0 Å². The fourth-order valence-corrected chi connectivity index (χ4v) is 0.718. The summed E-state index contributed by atoms with van der Waals surface area (Å²) in [6, 6.07) is 9.81. The van der Waals surface area contributed by atoms with Crippen LogP contribution in [0.2, 0.25) is 0 Å². The van der Waals surface area contributed by atoms with Crippen LogP contribution in [0.15, 0.2) is 36.5 Å². The third-order valence-electron chi connectivity index (χ3n) is 1.17. The summed E-state index contributed by atoms with van der Waals surface area (Å²) < 4.78 is 0. The highest BCUT2D eigenvalue weighted by molar-refractivity contribution is 5.46. The second-order valence-corrected chi connectivity index (χ2v) is 1.92. The lowest BCUT2D eigenvalue weighted by Crippen LogP contribution is -2.73. The number of hydrogen-bond donors (Lipinski definition) is 2. The number of hydroxylamine groups is 1. The Bertz CT molecular complexity index is 206. The van der Waals surface area contributed by atoms with Crippen molar-refractivity contribution in [3.8, 4) is 0 Å². The first-order valence-corrected chi connectivity index (χ1v) is 3.12. The van der Waals surface area contributed by atoms with Gasteiger partial charge in [-0.2, -0.15) is 5.48 Å². The number of rotatable bonds is 2. The second kappa shape index (κ2) is 3.82. The van der Waals surface area contributed by atoms with E-state index in [9.17, 15) is 0 Å². The van der Waals surface area contributed by atoms with Gasteiger partial charge in [0.05, 0.1) is 0 Å². The van der Waals surface area contributed by atoms with E-state index in [0.717, 1.165) is 11.0 Å². The zero-order valence-electron chi connectivity index (χ0n) is 5.57. The van der Waals surface area contributed by atoms with Gasteiger partial charge in [0, 0.05) is 6.08 Å². The maximum atomic E-state index is 8.32. The van der Waals surface area contributed by atoms with Gasteiger partial charge in [-0.05, 0) is 5.56 Å². The molecule has 0 bridgehead atoms. The molecule has 1 aromatic rings. The Kier molecular flexibility index (Phi) is 2.67. The smallest absolute Gasteiger partial charge is 0.125 e. The lowest BCUT2D eigenvalue weighted by atomic mass is 10.2. The number of quaternary nitrogens is 1. The Morgan fingerprint density at radius 1 is 1.20 bits per heavy atom. The van der Waals surface area contributed by atoms with E-state index in [1.165, 1.54) is 0 Å². The van der Waals surface area contributed by atoms with Crippen molar-refractivity contribution in [2.24, 2.45) is 0 Å². The lowest BCUT2D eigenvalue weighted by molar-refractivity contribution is -0.837. The largest absolute Gasteiger partial charge is 0.216 e. The van der Waals surface area contributed by atoms with Crippen molar-refractivity contribution in [1.29, 1.82) is 0 Å². The third kappa shape index (κ3) is 2.01. The first-order chi connectivity index (χ1) is 4.93. The molecule has 0 unspecified atom stereocenters. The molecule has 0 spiro atoms. The van der Waals surface area contributed by atoms with Gasteiger partial charge in [0.1, 0.15) is 6.20 Å². The molecule has 0 heterocycles. The minimum atomic E-state index is 1.02. The zero-order chi connectivity index (χ0) is 7.23. The summed E-state index contributed by atoms with van der Waals surface area (Å²) in [5.74, 6) is 0. The fourth-order valence-electron chi connectivity index (χ4n) is 0.718. The van der Waals surface area contributed by atoms with E-state index in [-0.39, 0.29) is 0 Å². The van der Waals surface area contributed by atoms with Crippen LogP contribution < -0.4 is 5.48 Å². The Hall–Kier alpha value is -1.12. The molecule has 52 valence electrons. The molecule has 0 fully saturated rings. The highest BCUT2D eigenvalue weighted by Gasteiger charge is 1.80. The van der Waals surface area contributed by atoms with Crippen LogP contribution >= 0.6 is 0 Å². The average Bonchev–Trinajstić information content (AvgIpc) is 2.03. The van der Waals surface area contributed by atoms with Crippen LogP contribution in [0.5, 0.6) is 0 Å². The Morgan fingerprint density at radius 3 is 2.50 bits per heavy atom. The summed E-state index contributed by atoms with van der Waals surface area (Å²) in [5, 5.41) is 8.32. The Morgan fingerprint density at radius 2 is 1.90 bits per heavy atom. The highest BCUT2D eigenvalue weighted by Crippen LogP contribution is 1.98. The summed E-state index contributed by atoms with van der Waals surface area (Å²) in [6.45, 7) is 0. The minimum absolute atomic E-state index is 1.02. The summed E-state index contributed by atoms with van der Waals surface area (Å²) in [6.07, 6.45) is 3.43. The normalized spacial score (nSPS) is 10.5. The summed E-state index contributed by atoms with van der Waals surface area (Å²) >= 11 is 0. The van der Waals surface area contributed by atoms with E-state index >= 15 is 0 Å². The van der Waals surface area contributed by atoms with Crippen LogP contribution in [0, 0.1) is 0 Å². The first-order valence-electron chi connectivity index (χ1n) is 3.12. The van der Waals surface area contributed by atoms with Gasteiger partial charge in [-0.15, -0.1) is 0 Å². The van der Waals surface area contributed by atoms with E-state index in [2.05, 4.69) is 0 Å². The molecule has 0 amide bonds. The molecule has 2 heteroatoms. The monoisotopic (exact) mass is 136 g/mol. The Balaban J connectivity index is 2.67. The summed E-state index contributed by atoms with van der Waals surface area (Å²) in [5.41, 5.74) is 2.11. The second-order valence-electron chi connectivity index (χ2n) is 1.92. The standard InChI is InChI=1S/C8H9NO/c10-9-7-6-8-4-2-1-3-5-8/h1-7,9-10H/p+1/b7-6+. The van der Waals surface area contributed by atoms with Gasteiger partial charge in [0.15, 0.2) is 0 Å². The fraction of sp³-hybridized carbons (Fsp3) is 0. The molecule has 0 aliphatic carbocycles. The van der Waals surface area contributed by atoms with Crippen molar-refractivity contribution in [1.82, 2.24) is 0 Å². The van der Waals surface area contributed by atoms with Crippen LogP contribution in [-0.2, 0) is 0 Å². The van der Waals surface area contributed by atoms with Gasteiger partial charge in [-0.1, -0.05) is 30.3 Å². The molecule has 10 heavy (non-hydrogen) atoms. The van der Waals surface area contributed by atoms with Gasteiger partial charge in [-0.25, -0.2) is 5.21 Å². The molecule has 0 radical (unpaired) electrons. The van der Waals surface area contributed by atoms with Crippen molar-refractivity contribution in [2.75, 3.05) is 0 Å². The number of nitrogens with two attached hydrogens (primary N) is 1. The quantitative estimate of drug-likeness (QED) is 0.574. The van der Waals surface area contributed by atoms with Crippen LogP contribution in [0.3, 0.4) is 0 Å². The van der Waals surface area contributed by atoms with E-state index < -0.39 is 0 Å². The molecular formula is C8H10NO+. The molecule has 2 nitrogen and oxygen atoms in total. The molecule has 0 aromatic heterocycles. The van der Waals surface area contributed by atoms with Crippen molar-refractivity contribution in [3.05, 3.63) is 42.1 Å². The maximum Gasteiger partial charge on any atom is 0.125 e. The van der Waals surface area contributed by atoms with E-state index in [1.54, 1.807) is 6.20 Å².